The maximum atomic E-state index is 12.2. The summed E-state index contributed by atoms with van der Waals surface area (Å²) in [6.45, 7) is 2.12. The standard InChI is InChI=1S/C7H12F2N2O3/c1-7(2,6(8)9)11-5(14)3(12)4(10)13/h3,6,12H,1-2H3,(H2,10,13)(H,11,14). The number of rotatable bonds is 4. The maximum Gasteiger partial charge on any atom is 0.260 e. The van der Waals surface area contributed by atoms with Crippen LogP contribution < -0.4 is 11.1 Å². The number of alkyl halides is 2. The summed E-state index contributed by atoms with van der Waals surface area (Å²) in [5.74, 6) is -2.52. The Labute approximate surface area is 79.3 Å². The summed E-state index contributed by atoms with van der Waals surface area (Å²) in [6.07, 6.45) is -4.92. The Morgan fingerprint density at radius 1 is 1.43 bits per heavy atom. The predicted octanol–water partition coefficient (Wildman–Crippen LogP) is -1.01. The van der Waals surface area contributed by atoms with Gasteiger partial charge in [0.25, 0.3) is 18.2 Å². The molecule has 82 valence electrons. The second-order valence-corrected chi connectivity index (χ2v) is 3.32. The van der Waals surface area contributed by atoms with Gasteiger partial charge >= 0.3 is 0 Å². The Morgan fingerprint density at radius 3 is 2.14 bits per heavy atom. The van der Waals surface area contributed by atoms with Crippen molar-refractivity contribution in [2.24, 2.45) is 5.73 Å². The lowest BCUT2D eigenvalue weighted by molar-refractivity contribution is -0.141. The number of carbonyl (C=O) groups excluding carboxylic acids is 2. The first-order valence-electron chi connectivity index (χ1n) is 3.76. The summed E-state index contributed by atoms with van der Waals surface area (Å²) in [6, 6.07) is 0. The van der Waals surface area contributed by atoms with Gasteiger partial charge in [-0.2, -0.15) is 0 Å². The molecule has 0 aliphatic heterocycles. The van der Waals surface area contributed by atoms with Crippen molar-refractivity contribution in [2.45, 2.75) is 31.9 Å². The van der Waals surface area contributed by atoms with Crippen molar-refractivity contribution in [1.29, 1.82) is 0 Å². The second-order valence-electron chi connectivity index (χ2n) is 3.32. The second kappa shape index (κ2) is 4.32. The van der Waals surface area contributed by atoms with Gasteiger partial charge < -0.3 is 16.2 Å². The number of aliphatic hydroxyl groups is 1. The topological polar surface area (TPSA) is 92.4 Å². The number of nitrogens with one attached hydrogen (secondary N) is 1. The van der Waals surface area contributed by atoms with E-state index in [1.807, 2.05) is 0 Å². The van der Waals surface area contributed by atoms with E-state index in [9.17, 15) is 18.4 Å². The van der Waals surface area contributed by atoms with Crippen LogP contribution >= 0.6 is 0 Å². The third-order valence-corrected chi connectivity index (χ3v) is 1.51. The van der Waals surface area contributed by atoms with Gasteiger partial charge in [0.1, 0.15) is 0 Å². The quantitative estimate of drug-likeness (QED) is 0.519. The van der Waals surface area contributed by atoms with Crippen LogP contribution in [0.3, 0.4) is 0 Å². The van der Waals surface area contributed by atoms with Crippen molar-refractivity contribution in [3.63, 3.8) is 0 Å². The zero-order valence-corrected chi connectivity index (χ0v) is 7.75. The minimum atomic E-state index is -2.81. The van der Waals surface area contributed by atoms with Gasteiger partial charge in [0, 0.05) is 0 Å². The molecular formula is C7H12F2N2O3. The highest BCUT2D eigenvalue weighted by Gasteiger charge is 2.34. The minimum Gasteiger partial charge on any atom is -0.375 e. The van der Waals surface area contributed by atoms with E-state index in [4.69, 9.17) is 5.11 Å². The monoisotopic (exact) mass is 210 g/mol. The molecule has 1 atom stereocenters. The molecule has 0 aliphatic rings. The van der Waals surface area contributed by atoms with Gasteiger partial charge in [-0.25, -0.2) is 8.78 Å². The van der Waals surface area contributed by atoms with Crippen LogP contribution in [0.25, 0.3) is 0 Å². The molecule has 0 saturated heterocycles. The highest BCUT2D eigenvalue weighted by atomic mass is 19.3. The molecule has 4 N–H and O–H groups in total. The number of hydrogen-bond acceptors (Lipinski definition) is 3. The summed E-state index contributed by atoms with van der Waals surface area (Å²) in [5.41, 5.74) is 2.78. The summed E-state index contributed by atoms with van der Waals surface area (Å²) < 4.78 is 24.4. The molecule has 5 nitrogen and oxygen atoms in total. The summed E-state index contributed by atoms with van der Waals surface area (Å²) in [5, 5.41) is 10.6. The van der Waals surface area contributed by atoms with Gasteiger partial charge in [-0.05, 0) is 13.8 Å². The van der Waals surface area contributed by atoms with Gasteiger partial charge in [-0.15, -0.1) is 0 Å². The van der Waals surface area contributed by atoms with Crippen molar-refractivity contribution in [3.8, 4) is 0 Å². The predicted molar refractivity (Wildman–Crippen MR) is 43.4 cm³/mol. The molecule has 0 aromatic carbocycles. The van der Waals surface area contributed by atoms with Crippen molar-refractivity contribution in [3.05, 3.63) is 0 Å². The Balaban J connectivity index is 4.40. The van der Waals surface area contributed by atoms with Gasteiger partial charge in [-0.1, -0.05) is 0 Å². The molecule has 0 radical (unpaired) electrons. The van der Waals surface area contributed by atoms with Crippen LogP contribution in [0.1, 0.15) is 13.8 Å². The third-order valence-electron chi connectivity index (χ3n) is 1.51. The minimum absolute atomic E-state index is 1.06. The van der Waals surface area contributed by atoms with E-state index in [1.165, 1.54) is 0 Å². The highest BCUT2D eigenvalue weighted by molar-refractivity contribution is 6.02. The molecule has 0 aromatic heterocycles. The molecular weight excluding hydrogens is 198 g/mol. The third kappa shape index (κ3) is 3.25. The SMILES string of the molecule is CC(C)(NC(=O)C(O)C(N)=O)C(F)F. The Hall–Kier alpha value is -1.24. The average molecular weight is 210 g/mol. The molecule has 2 amide bonds. The molecule has 0 saturated carbocycles. The van der Waals surface area contributed by atoms with Crippen LogP contribution in [-0.4, -0.2) is 35.0 Å². The number of aliphatic hydroxyl groups excluding tert-OH is 1. The molecule has 7 heteroatoms. The van der Waals surface area contributed by atoms with Crippen LogP contribution in [0.5, 0.6) is 0 Å². The highest BCUT2D eigenvalue weighted by Crippen LogP contribution is 2.13. The normalized spacial score (nSPS) is 13.9. The fraction of sp³-hybridized carbons (Fsp3) is 0.714. The summed E-state index contributed by atoms with van der Waals surface area (Å²) in [7, 11) is 0. The van der Waals surface area contributed by atoms with Crippen LogP contribution in [0, 0.1) is 0 Å². The van der Waals surface area contributed by atoms with Crippen LogP contribution in [0.4, 0.5) is 8.78 Å². The first kappa shape index (κ1) is 12.8. The first-order valence-corrected chi connectivity index (χ1v) is 3.76. The lowest BCUT2D eigenvalue weighted by atomic mass is 10.1. The van der Waals surface area contributed by atoms with E-state index in [2.05, 4.69) is 5.73 Å². The van der Waals surface area contributed by atoms with E-state index >= 15 is 0 Å². The fourth-order valence-corrected chi connectivity index (χ4v) is 0.570. The molecule has 0 heterocycles. The Morgan fingerprint density at radius 2 is 1.86 bits per heavy atom. The molecule has 0 aliphatic carbocycles. The molecule has 0 bridgehead atoms. The van der Waals surface area contributed by atoms with E-state index < -0.39 is 29.9 Å². The average Bonchev–Trinajstić information content (AvgIpc) is 2.01. The molecule has 0 fully saturated rings. The molecule has 0 spiro atoms. The van der Waals surface area contributed by atoms with Crippen molar-refractivity contribution < 1.29 is 23.5 Å². The van der Waals surface area contributed by atoms with Gasteiger partial charge in [-0.3, -0.25) is 9.59 Å². The fourth-order valence-electron chi connectivity index (χ4n) is 0.570. The molecule has 14 heavy (non-hydrogen) atoms. The molecule has 1 unspecified atom stereocenters. The van der Waals surface area contributed by atoms with Gasteiger partial charge in [0.05, 0.1) is 5.54 Å². The zero-order chi connectivity index (χ0) is 11.5. The maximum absolute atomic E-state index is 12.2. The van der Waals surface area contributed by atoms with Crippen LogP contribution in [0.15, 0.2) is 0 Å². The summed E-state index contributed by atoms with van der Waals surface area (Å²) in [4.78, 5) is 21.2. The number of nitrogens with two attached hydrogens (primary N) is 1. The van der Waals surface area contributed by atoms with E-state index in [-0.39, 0.29) is 0 Å². The molecule has 0 rings (SSSR count). The van der Waals surface area contributed by atoms with Crippen LogP contribution in [-0.2, 0) is 9.59 Å². The lowest BCUT2D eigenvalue weighted by Crippen LogP contribution is -2.54. The van der Waals surface area contributed by atoms with Crippen molar-refractivity contribution in [1.82, 2.24) is 5.32 Å². The Bertz CT molecular complexity index is 243. The van der Waals surface area contributed by atoms with Crippen molar-refractivity contribution in [2.75, 3.05) is 0 Å². The first-order chi connectivity index (χ1) is 6.18. The molecule has 0 aromatic rings. The number of hydrogen-bond donors (Lipinski definition) is 3. The number of amides is 2. The van der Waals surface area contributed by atoms with E-state index in [0.717, 1.165) is 13.8 Å². The van der Waals surface area contributed by atoms with Crippen LogP contribution in [0.2, 0.25) is 0 Å². The largest absolute Gasteiger partial charge is 0.375 e. The number of carbonyl (C=O) groups is 2. The smallest absolute Gasteiger partial charge is 0.260 e. The van der Waals surface area contributed by atoms with Gasteiger partial charge in [0.2, 0.25) is 6.10 Å². The van der Waals surface area contributed by atoms with E-state index in [1.54, 1.807) is 5.32 Å². The number of halogens is 2. The van der Waals surface area contributed by atoms with E-state index in [0.29, 0.717) is 0 Å². The summed E-state index contributed by atoms with van der Waals surface area (Å²) >= 11 is 0. The Kier molecular flexibility index (Phi) is 3.93. The lowest BCUT2D eigenvalue weighted by Gasteiger charge is -2.25. The van der Waals surface area contributed by atoms with Crippen molar-refractivity contribution >= 4 is 11.8 Å². The van der Waals surface area contributed by atoms with Gasteiger partial charge in [0.15, 0.2) is 0 Å². The zero-order valence-electron chi connectivity index (χ0n) is 7.75. The number of primary amides is 1.